The SMILES string of the molecule is CCCN(CC(=O)O)S(=O)(=O)c1ccc(C(F)(F)F)cn1. The van der Waals surface area contributed by atoms with Crippen molar-refractivity contribution < 1.29 is 31.5 Å². The van der Waals surface area contributed by atoms with E-state index in [1.54, 1.807) is 6.92 Å². The number of aromatic nitrogens is 1. The fourth-order valence-corrected chi connectivity index (χ4v) is 2.91. The maximum absolute atomic E-state index is 12.4. The minimum absolute atomic E-state index is 0.0721. The van der Waals surface area contributed by atoms with Gasteiger partial charge in [0.05, 0.1) is 5.56 Å². The van der Waals surface area contributed by atoms with Gasteiger partial charge in [-0.05, 0) is 18.6 Å². The van der Waals surface area contributed by atoms with E-state index in [1.807, 2.05) is 0 Å². The second-order valence-corrected chi connectivity index (χ2v) is 6.00. The van der Waals surface area contributed by atoms with Crippen molar-refractivity contribution in [3.63, 3.8) is 0 Å². The molecule has 0 aliphatic carbocycles. The fraction of sp³-hybridized carbons (Fsp3) is 0.455. The number of nitrogens with zero attached hydrogens (tertiary/aromatic N) is 2. The Morgan fingerprint density at radius 3 is 2.38 bits per heavy atom. The molecule has 1 aromatic rings. The Kier molecular flexibility index (Phi) is 5.29. The molecule has 1 rings (SSSR count). The summed E-state index contributed by atoms with van der Waals surface area (Å²) in [7, 11) is -4.25. The molecule has 0 atom stereocenters. The third kappa shape index (κ3) is 4.39. The maximum Gasteiger partial charge on any atom is 0.417 e. The van der Waals surface area contributed by atoms with Gasteiger partial charge in [0.25, 0.3) is 10.0 Å². The summed E-state index contributed by atoms with van der Waals surface area (Å²) in [6.45, 7) is 0.792. The van der Waals surface area contributed by atoms with Crippen molar-refractivity contribution in [1.82, 2.24) is 9.29 Å². The Labute approximate surface area is 119 Å². The Bertz CT molecular complexity index is 599. The van der Waals surface area contributed by atoms with Gasteiger partial charge in [0.2, 0.25) is 0 Å². The lowest BCUT2D eigenvalue weighted by molar-refractivity contribution is -0.138. The average molecular weight is 326 g/mol. The third-order valence-corrected chi connectivity index (χ3v) is 4.21. The molecule has 1 N–H and O–H groups in total. The van der Waals surface area contributed by atoms with E-state index in [4.69, 9.17) is 5.11 Å². The molecule has 0 saturated carbocycles. The van der Waals surface area contributed by atoms with E-state index < -0.39 is 39.3 Å². The minimum atomic E-state index is -4.63. The van der Waals surface area contributed by atoms with Gasteiger partial charge in [0, 0.05) is 12.7 Å². The minimum Gasteiger partial charge on any atom is -0.480 e. The molecule has 0 unspecified atom stereocenters. The lowest BCUT2D eigenvalue weighted by Crippen LogP contribution is -2.36. The van der Waals surface area contributed by atoms with Crippen LogP contribution in [-0.2, 0) is 21.0 Å². The zero-order chi connectivity index (χ0) is 16.3. The highest BCUT2D eigenvalue weighted by Crippen LogP contribution is 2.29. The maximum atomic E-state index is 12.4. The molecule has 0 aliphatic heterocycles. The monoisotopic (exact) mass is 326 g/mol. The van der Waals surface area contributed by atoms with E-state index in [0.717, 1.165) is 0 Å². The Balaban J connectivity index is 3.13. The highest BCUT2D eigenvalue weighted by atomic mass is 32.2. The van der Waals surface area contributed by atoms with Crippen LogP contribution in [0.15, 0.2) is 23.4 Å². The molecule has 0 amide bonds. The Morgan fingerprint density at radius 2 is 2.00 bits per heavy atom. The molecule has 0 fully saturated rings. The van der Waals surface area contributed by atoms with E-state index >= 15 is 0 Å². The summed E-state index contributed by atoms with van der Waals surface area (Å²) in [5, 5.41) is 8.08. The molecule has 0 bridgehead atoms. The third-order valence-electron chi connectivity index (χ3n) is 2.45. The molecule has 0 saturated heterocycles. The van der Waals surface area contributed by atoms with Crippen LogP contribution < -0.4 is 0 Å². The summed E-state index contributed by atoms with van der Waals surface area (Å²) in [5.41, 5.74) is -1.08. The van der Waals surface area contributed by atoms with Crippen molar-refractivity contribution in [2.75, 3.05) is 13.1 Å². The predicted octanol–water partition coefficient (Wildman–Crippen LogP) is 1.59. The normalized spacial score (nSPS) is 12.6. The molecule has 21 heavy (non-hydrogen) atoms. The van der Waals surface area contributed by atoms with Gasteiger partial charge in [-0.1, -0.05) is 6.92 Å². The first-order chi connectivity index (χ1) is 9.59. The first kappa shape index (κ1) is 17.4. The van der Waals surface area contributed by atoms with Gasteiger partial charge in [0.1, 0.15) is 6.54 Å². The van der Waals surface area contributed by atoms with Crippen molar-refractivity contribution in [2.45, 2.75) is 24.5 Å². The summed E-state index contributed by atoms with van der Waals surface area (Å²) in [6, 6.07) is 1.30. The van der Waals surface area contributed by atoms with Crippen molar-refractivity contribution in [1.29, 1.82) is 0 Å². The molecular formula is C11H13F3N2O4S. The second kappa shape index (κ2) is 6.39. The molecule has 6 nitrogen and oxygen atoms in total. The number of carbonyl (C=O) groups is 1. The van der Waals surface area contributed by atoms with Crippen LogP contribution in [0.4, 0.5) is 13.2 Å². The number of hydrogen-bond acceptors (Lipinski definition) is 4. The number of alkyl halides is 3. The first-order valence-electron chi connectivity index (χ1n) is 5.84. The first-order valence-corrected chi connectivity index (χ1v) is 7.28. The van der Waals surface area contributed by atoms with Crippen molar-refractivity contribution in [3.8, 4) is 0 Å². The number of pyridine rings is 1. The lowest BCUT2D eigenvalue weighted by Gasteiger charge is -2.19. The van der Waals surface area contributed by atoms with Gasteiger partial charge in [-0.15, -0.1) is 0 Å². The number of carboxylic acids is 1. The summed E-state index contributed by atoms with van der Waals surface area (Å²) in [5.74, 6) is -1.36. The van der Waals surface area contributed by atoms with Gasteiger partial charge < -0.3 is 5.11 Å². The number of sulfonamides is 1. The van der Waals surface area contributed by atoms with E-state index in [-0.39, 0.29) is 6.54 Å². The van der Waals surface area contributed by atoms with Crippen LogP contribution in [0.25, 0.3) is 0 Å². The molecule has 0 spiro atoms. The number of aliphatic carboxylic acids is 1. The Hall–Kier alpha value is -1.68. The van der Waals surface area contributed by atoms with Crippen molar-refractivity contribution in [3.05, 3.63) is 23.9 Å². The average Bonchev–Trinajstić information content (AvgIpc) is 2.37. The summed E-state index contributed by atoms with van der Waals surface area (Å²) in [6.07, 6.45) is -3.87. The number of hydrogen-bond donors (Lipinski definition) is 1. The molecule has 1 aromatic heterocycles. The standard InChI is InChI=1S/C11H13F3N2O4S/c1-2-5-16(7-10(17)18)21(19,20)9-4-3-8(6-15-9)11(12,13)14/h3-4,6H,2,5,7H2,1H3,(H,17,18). The van der Waals surface area contributed by atoms with Crippen LogP contribution in [0, 0.1) is 0 Å². The molecule has 0 radical (unpaired) electrons. The smallest absolute Gasteiger partial charge is 0.417 e. The van der Waals surface area contributed by atoms with Crippen LogP contribution >= 0.6 is 0 Å². The van der Waals surface area contributed by atoms with Crippen molar-refractivity contribution in [2.24, 2.45) is 0 Å². The highest BCUT2D eigenvalue weighted by Gasteiger charge is 2.32. The summed E-state index contributed by atoms with van der Waals surface area (Å²) in [4.78, 5) is 14.0. The zero-order valence-electron chi connectivity index (χ0n) is 11.0. The molecule has 0 aromatic carbocycles. The van der Waals surface area contributed by atoms with Crippen LogP contribution in [0.3, 0.4) is 0 Å². The molecule has 0 aliphatic rings. The van der Waals surface area contributed by atoms with E-state index in [2.05, 4.69) is 4.98 Å². The van der Waals surface area contributed by atoms with E-state index in [1.165, 1.54) is 0 Å². The van der Waals surface area contributed by atoms with Gasteiger partial charge in [-0.3, -0.25) is 4.79 Å². The number of halogens is 3. The summed E-state index contributed by atoms with van der Waals surface area (Å²) < 4.78 is 62.1. The Morgan fingerprint density at radius 1 is 1.38 bits per heavy atom. The molecular weight excluding hydrogens is 313 g/mol. The molecule has 118 valence electrons. The van der Waals surface area contributed by atoms with Gasteiger partial charge in [-0.25, -0.2) is 13.4 Å². The quantitative estimate of drug-likeness (QED) is 0.857. The van der Waals surface area contributed by atoms with Crippen LogP contribution in [-0.4, -0.2) is 41.9 Å². The molecule has 1 heterocycles. The lowest BCUT2D eigenvalue weighted by atomic mass is 10.3. The second-order valence-electron chi connectivity index (χ2n) is 4.12. The largest absolute Gasteiger partial charge is 0.480 e. The molecule has 10 heteroatoms. The van der Waals surface area contributed by atoms with Gasteiger partial charge >= 0.3 is 12.1 Å². The summed E-state index contributed by atoms with van der Waals surface area (Å²) >= 11 is 0. The van der Waals surface area contributed by atoms with E-state index in [9.17, 15) is 26.4 Å². The van der Waals surface area contributed by atoms with Crippen LogP contribution in [0.2, 0.25) is 0 Å². The highest BCUT2D eigenvalue weighted by molar-refractivity contribution is 7.89. The predicted molar refractivity (Wildman–Crippen MR) is 65.9 cm³/mol. The topological polar surface area (TPSA) is 87.6 Å². The van der Waals surface area contributed by atoms with Crippen LogP contribution in [0.1, 0.15) is 18.9 Å². The van der Waals surface area contributed by atoms with Gasteiger partial charge in [0.15, 0.2) is 5.03 Å². The van der Waals surface area contributed by atoms with E-state index in [0.29, 0.717) is 29.1 Å². The number of carboxylic acid groups (broad SMARTS) is 1. The van der Waals surface area contributed by atoms with Crippen LogP contribution in [0.5, 0.6) is 0 Å². The fourth-order valence-electron chi connectivity index (χ4n) is 1.52. The van der Waals surface area contributed by atoms with Gasteiger partial charge in [-0.2, -0.15) is 17.5 Å². The van der Waals surface area contributed by atoms with Crippen molar-refractivity contribution >= 4 is 16.0 Å². The zero-order valence-corrected chi connectivity index (χ0v) is 11.8. The number of rotatable bonds is 6.